The van der Waals surface area contributed by atoms with Crippen LogP contribution >= 0.6 is 0 Å². The lowest BCUT2D eigenvalue weighted by Gasteiger charge is -2.12. The molecule has 0 spiro atoms. The summed E-state index contributed by atoms with van der Waals surface area (Å²) in [4.78, 5) is 4.92. The Morgan fingerprint density at radius 2 is 1.32 bits per heavy atom. The predicted molar refractivity (Wildman–Crippen MR) is 116 cm³/mol. The maximum Gasteiger partial charge on any atom is 0.145 e. The fraction of sp³-hybridized carbons (Fsp3) is 0. The van der Waals surface area contributed by atoms with Crippen molar-refractivity contribution in [3.05, 3.63) is 103 Å². The molecule has 0 unspecified atom stereocenters. The Morgan fingerprint density at radius 1 is 0.607 bits per heavy atom. The molecule has 0 atom stereocenters. The van der Waals surface area contributed by atoms with Gasteiger partial charge in [-0.3, -0.25) is 4.57 Å². The van der Waals surface area contributed by atoms with Crippen molar-refractivity contribution in [3.8, 4) is 28.2 Å². The smallest absolute Gasteiger partial charge is 0.145 e. The number of hydrogen-bond donors (Lipinski definition) is 1. The van der Waals surface area contributed by atoms with Gasteiger partial charge in [-0.05, 0) is 47.5 Å². The second-order valence-electron chi connectivity index (χ2n) is 6.80. The number of fused-ring (bicyclic) bond motifs is 1. The van der Waals surface area contributed by atoms with Crippen LogP contribution in [0.15, 0.2) is 103 Å². The zero-order valence-electron chi connectivity index (χ0n) is 15.3. The van der Waals surface area contributed by atoms with E-state index in [-0.39, 0.29) is 0 Å². The van der Waals surface area contributed by atoms with Gasteiger partial charge < -0.3 is 5.73 Å². The number of imidazole rings is 1. The fourth-order valence-electron chi connectivity index (χ4n) is 3.57. The number of para-hydroxylation sites is 2. The largest absolute Gasteiger partial charge is 0.399 e. The third kappa shape index (κ3) is 2.83. The van der Waals surface area contributed by atoms with Crippen LogP contribution in [-0.2, 0) is 0 Å². The maximum absolute atomic E-state index is 5.85. The number of benzene rings is 4. The first kappa shape index (κ1) is 16.3. The topological polar surface area (TPSA) is 43.8 Å². The summed E-state index contributed by atoms with van der Waals surface area (Å²) in [7, 11) is 0. The second-order valence-corrected chi connectivity index (χ2v) is 6.80. The van der Waals surface area contributed by atoms with Crippen molar-refractivity contribution in [2.45, 2.75) is 0 Å². The van der Waals surface area contributed by atoms with E-state index < -0.39 is 0 Å². The van der Waals surface area contributed by atoms with Gasteiger partial charge >= 0.3 is 0 Å². The van der Waals surface area contributed by atoms with Crippen LogP contribution in [0.1, 0.15) is 0 Å². The van der Waals surface area contributed by atoms with Gasteiger partial charge in [0.25, 0.3) is 0 Å². The Labute approximate surface area is 163 Å². The van der Waals surface area contributed by atoms with Crippen LogP contribution in [0.3, 0.4) is 0 Å². The molecule has 0 amide bonds. The Morgan fingerprint density at radius 3 is 2.14 bits per heavy atom. The molecule has 0 fully saturated rings. The van der Waals surface area contributed by atoms with E-state index in [1.54, 1.807) is 0 Å². The number of hydrogen-bond acceptors (Lipinski definition) is 2. The van der Waals surface area contributed by atoms with Crippen molar-refractivity contribution in [3.63, 3.8) is 0 Å². The molecule has 1 heterocycles. The first-order valence-corrected chi connectivity index (χ1v) is 9.29. The van der Waals surface area contributed by atoms with Crippen molar-refractivity contribution in [1.29, 1.82) is 0 Å². The van der Waals surface area contributed by atoms with Gasteiger partial charge in [-0.25, -0.2) is 4.98 Å². The van der Waals surface area contributed by atoms with Crippen LogP contribution in [0, 0.1) is 0 Å². The van der Waals surface area contributed by atoms with Crippen molar-refractivity contribution >= 4 is 16.7 Å². The number of nitrogens with two attached hydrogens (primary N) is 1. The Bertz CT molecular complexity index is 1250. The minimum atomic E-state index is 0.770. The molecular formula is C25H19N3. The summed E-state index contributed by atoms with van der Waals surface area (Å²) in [5.74, 6) is 0.941. The second kappa shape index (κ2) is 6.71. The molecule has 134 valence electrons. The average Bonchev–Trinajstić information content (AvgIpc) is 3.15. The number of rotatable bonds is 3. The SMILES string of the molecule is Nc1ccc(-c2cccc(-n3c(-c4ccccc4)nc4ccccc43)c2)cc1. The zero-order valence-corrected chi connectivity index (χ0v) is 15.3. The number of nitrogen functional groups attached to an aromatic ring is 1. The van der Waals surface area contributed by atoms with E-state index in [2.05, 4.69) is 71.3 Å². The third-order valence-electron chi connectivity index (χ3n) is 4.94. The van der Waals surface area contributed by atoms with Crippen LogP contribution in [0.25, 0.3) is 39.2 Å². The summed E-state index contributed by atoms with van der Waals surface area (Å²) >= 11 is 0. The zero-order chi connectivity index (χ0) is 18.9. The molecule has 0 aliphatic carbocycles. The van der Waals surface area contributed by atoms with Crippen molar-refractivity contribution in [1.82, 2.24) is 9.55 Å². The van der Waals surface area contributed by atoms with Gasteiger partial charge in [0.2, 0.25) is 0 Å². The van der Waals surface area contributed by atoms with Crippen LogP contribution in [0.4, 0.5) is 5.69 Å². The van der Waals surface area contributed by atoms with E-state index in [9.17, 15) is 0 Å². The van der Waals surface area contributed by atoms with E-state index in [1.807, 2.05) is 36.4 Å². The standard InChI is InChI=1S/C25H19N3/c26-21-15-13-18(14-16-21)20-9-6-10-22(17-20)28-24-12-5-4-11-23(24)27-25(28)19-7-2-1-3-8-19/h1-17H,26H2. The molecule has 0 radical (unpaired) electrons. The van der Waals surface area contributed by atoms with Crippen LogP contribution < -0.4 is 5.73 Å². The number of nitrogens with zero attached hydrogens (tertiary/aromatic N) is 2. The molecule has 5 aromatic rings. The maximum atomic E-state index is 5.85. The van der Waals surface area contributed by atoms with Crippen LogP contribution in [0.5, 0.6) is 0 Å². The first-order valence-electron chi connectivity index (χ1n) is 9.29. The summed E-state index contributed by atoms with van der Waals surface area (Å²) in [5.41, 5.74) is 13.2. The lowest BCUT2D eigenvalue weighted by Crippen LogP contribution is -1.98. The summed E-state index contributed by atoms with van der Waals surface area (Å²) in [6.07, 6.45) is 0. The van der Waals surface area contributed by atoms with Gasteiger partial charge in [0.05, 0.1) is 11.0 Å². The Kier molecular flexibility index (Phi) is 3.91. The molecule has 2 N–H and O–H groups in total. The first-order chi connectivity index (χ1) is 13.8. The highest BCUT2D eigenvalue weighted by Gasteiger charge is 2.14. The molecule has 3 nitrogen and oxygen atoms in total. The highest BCUT2D eigenvalue weighted by molar-refractivity contribution is 5.83. The van der Waals surface area contributed by atoms with E-state index in [0.717, 1.165) is 44.9 Å². The molecule has 4 aromatic carbocycles. The van der Waals surface area contributed by atoms with Crippen LogP contribution in [-0.4, -0.2) is 9.55 Å². The predicted octanol–water partition coefficient (Wildman–Crippen LogP) is 5.94. The fourth-order valence-corrected chi connectivity index (χ4v) is 3.57. The van der Waals surface area contributed by atoms with Gasteiger partial charge in [0.15, 0.2) is 0 Å². The lowest BCUT2D eigenvalue weighted by atomic mass is 10.0. The monoisotopic (exact) mass is 361 g/mol. The molecule has 0 saturated heterocycles. The van der Waals surface area contributed by atoms with Gasteiger partial charge in [-0.2, -0.15) is 0 Å². The normalized spacial score (nSPS) is 11.0. The molecule has 28 heavy (non-hydrogen) atoms. The summed E-state index contributed by atoms with van der Waals surface area (Å²) in [6, 6.07) is 35.1. The van der Waals surface area contributed by atoms with Crippen molar-refractivity contribution < 1.29 is 0 Å². The molecule has 0 saturated carbocycles. The van der Waals surface area contributed by atoms with Gasteiger partial charge in [0.1, 0.15) is 5.82 Å². The Hall–Kier alpha value is -3.85. The van der Waals surface area contributed by atoms with E-state index in [1.165, 1.54) is 0 Å². The van der Waals surface area contributed by atoms with Gasteiger partial charge in [-0.15, -0.1) is 0 Å². The molecule has 0 aliphatic rings. The van der Waals surface area contributed by atoms with Crippen molar-refractivity contribution in [2.75, 3.05) is 5.73 Å². The highest BCUT2D eigenvalue weighted by Crippen LogP contribution is 2.30. The number of anilines is 1. The number of aromatic nitrogens is 2. The molecular weight excluding hydrogens is 342 g/mol. The highest BCUT2D eigenvalue weighted by atomic mass is 15.1. The Balaban J connectivity index is 1.73. The molecule has 3 heteroatoms. The third-order valence-corrected chi connectivity index (χ3v) is 4.94. The average molecular weight is 361 g/mol. The van der Waals surface area contributed by atoms with E-state index in [0.29, 0.717) is 0 Å². The minimum absolute atomic E-state index is 0.770. The van der Waals surface area contributed by atoms with E-state index >= 15 is 0 Å². The molecule has 5 rings (SSSR count). The summed E-state index contributed by atoms with van der Waals surface area (Å²) < 4.78 is 2.23. The van der Waals surface area contributed by atoms with Crippen LogP contribution in [0.2, 0.25) is 0 Å². The van der Waals surface area contributed by atoms with Gasteiger partial charge in [0, 0.05) is 16.9 Å². The molecule has 0 aliphatic heterocycles. The molecule has 0 bridgehead atoms. The van der Waals surface area contributed by atoms with Gasteiger partial charge in [-0.1, -0.05) is 66.7 Å². The lowest BCUT2D eigenvalue weighted by molar-refractivity contribution is 1.10. The van der Waals surface area contributed by atoms with E-state index in [4.69, 9.17) is 10.7 Å². The quantitative estimate of drug-likeness (QED) is 0.404. The summed E-state index contributed by atoms with van der Waals surface area (Å²) in [6.45, 7) is 0. The molecule has 1 aromatic heterocycles. The summed E-state index contributed by atoms with van der Waals surface area (Å²) in [5, 5.41) is 0. The van der Waals surface area contributed by atoms with Crippen molar-refractivity contribution in [2.24, 2.45) is 0 Å². The minimum Gasteiger partial charge on any atom is -0.399 e.